The molecule has 0 saturated carbocycles. The lowest BCUT2D eigenvalue weighted by molar-refractivity contribution is -0.115. The van der Waals surface area contributed by atoms with E-state index in [1.807, 2.05) is 29.6 Å². The van der Waals surface area contributed by atoms with Crippen molar-refractivity contribution in [1.29, 1.82) is 0 Å². The summed E-state index contributed by atoms with van der Waals surface area (Å²) in [5.41, 5.74) is 4.42. The molecule has 2 N–H and O–H groups in total. The summed E-state index contributed by atoms with van der Waals surface area (Å²) in [6, 6.07) is 16.7. The number of thiazole rings is 1. The number of carbonyl (C=O) groups excluding carboxylic acids is 1. The number of anilines is 1. The van der Waals surface area contributed by atoms with Gasteiger partial charge >= 0.3 is 0 Å². The van der Waals surface area contributed by atoms with E-state index in [9.17, 15) is 4.79 Å². The van der Waals surface area contributed by atoms with Crippen molar-refractivity contribution in [1.82, 2.24) is 10.3 Å². The van der Waals surface area contributed by atoms with Crippen LogP contribution in [0.25, 0.3) is 11.3 Å². The monoisotopic (exact) mass is 471 g/mol. The van der Waals surface area contributed by atoms with Crippen molar-refractivity contribution in [2.75, 3.05) is 11.9 Å². The molecule has 1 amide bonds. The van der Waals surface area contributed by atoms with Crippen LogP contribution in [0.3, 0.4) is 0 Å². The second-order valence-corrected chi connectivity index (χ2v) is 8.95. The van der Waals surface area contributed by atoms with Crippen LogP contribution in [-0.4, -0.2) is 17.4 Å². The summed E-state index contributed by atoms with van der Waals surface area (Å²) >= 11 is 4.86. The maximum Gasteiger partial charge on any atom is 0.240 e. The summed E-state index contributed by atoms with van der Waals surface area (Å²) in [5, 5.41) is 8.73. The first-order valence-corrected chi connectivity index (χ1v) is 11.5. The number of nitrogens with one attached hydrogen (secondary N) is 2. The molecule has 1 heterocycles. The molecule has 1 aromatic heterocycles. The van der Waals surface area contributed by atoms with Gasteiger partial charge in [0.2, 0.25) is 5.91 Å². The number of aromatic nitrogens is 1. The van der Waals surface area contributed by atoms with E-state index in [0.29, 0.717) is 11.0 Å². The van der Waals surface area contributed by atoms with Crippen molar-refractivity contribution < 1.29 is 4.79 Å². The van der Waals surface area contributed by atoms with E-state index in [0.717, 1.165) is 22.2 Å². The van der Waals surface area contributed by atoms with Crippen molar-refractivity contribution in [3.05, 3.63) is 69.5 Å². The van der Waals surface area contributed by atoms with Crippen LogP contribution in [0.1, 0.15) is 50.3 Å². The smallest absolute Gasteiger partial charge is 0.240 e. The van der Waals surface area contributed by atoms with Crippen LogP contribution < -0.4 is 10.6 Å². The van der Waals surface area contributed by atoms with Crippen LogP contribution in [0.15, 0.2) is 58.4 Å². The molecule has 0 aliphatic rings. The molecule has 29 heavy (non-hydrogen) atoms. The largest absolute Gasteiger partial charge is 0.302 e. The molecule has 2 aromatic carbocycles. The molecular formula is C23H26BrN3OS. The molecule has 0 aliphatic heterocycles. The molecule has 0 unspecified atom stereocenters. The van der Waals surface area contributed by atoms with Gasteiger partial charge in [0.1, 0.15) is 0 Å². The van der Waals surface area contributed by atoms with Crippen LogP contribution in [-0.2, 0) is 4.79 Å². The van der Waals surface area contributed by atoms with Crippen LogP contribution in [0, 0.1) is 0 Å². The molecule has 0 fully saturated rings. The second kappa shape index (κ2) is 10.1. The number of nitrogens with zero attached hydrogens (tertiary/aromatic N) is 1. The first-order chi connectivity index (χ1) is 14.0. The highest BCUT2D eigenvalue weighted by atomic mass is 79.9. The Bertz CT molecular complexity index is 938. The number of hydrogen-bond donors (Lipinski definition) is 2. The van der Waals surface area contributed by atoms with Gasteiger partial charge in [-0.25, -0.2) is 4.98 Å². The summed E-state index contributed by atoms with van der Waals surface area (Å²) in [4.78, 5) is 16.8. The van der Waals surface area contributed by atoms with E-state index >= 15 is 0 Å². The van der Waals surface area contributed by atoms with Crippen molar-refractivity contribution in [2.45, 2.75) is 39.2 Å². The van der Waals surface area contributed by atoms with Crippen LogP contribution in [0.2, 0.25) is 0 Å². The average molecular weight is 472 g/mol. The zero-order valence-corrected chi connectivity index (χ0v) is 19.3. The molecule has 152 valence electrons. The fourth-order valence-corrected chi connectivity index (χ4v) is 3.96. The van der Waals surface area contributed by atoms with Gasteiger partial charge in [-0.3, -0.25) is 4.79 Å². The minimum absolute atomic E-state index is 0.0928. The highest BCUT2D eigenvalue weighted by molar-refractivity contribution is 9.10. The molecule has 0 radical (unpaired) electrons. The SMILES string of the molecule is CC[C@H](C)c1ccc([C@@H](C)NCC(=O)Nc2nc(-c3ccc(Br)cc3)cs2)cc1. The fourth-order valence-electron chi connectivity index (χ4n) is 2.96. The Morgan fingerprint density at radius 3 is 2.38 bits per heavy atom. The quantitative estimate of drug-likeness (QED) is 0.400. The van der Waals surface area contributed by atoms with Gasteiger partial charge in [0.25, 0.3) is 0 Å². The Labute approximate surface area is 184 Å². The first kappa shape index (κ1) is 21.7. The number of halogens is 1. The molecule has 0 spiro atoms. The molecule has 6 heteroatoms. The van der Waals surface area contributed by atoms with E-state index in [1.165, 1.54) is 22.5 Å². The van der Waals surface area contributed by atoms with E-state index in [4.69, 9.17) is 0 Å². The van der Waals surface area contributed by atoms with Gasteiger partial charge in [-0.2, -0.15) is 0 Å². The molecular weight excluding hydrogens is 446 g/mol. The average Bonchev–Trinajstić information content (AvgIpc) is 3.20. The maximum atomic E-state index is 12.3. The normalized spacial score (nSPS) is 13.1. The topological polar surface area (TPSA) is 54.0 Å². The Balaban J connectivity index is 1.51. The van der Waals surface area contributed by atoms with Gasteiger partial charge in [-0.05, 0) is 42.5 Å². The maximum absolute atomic E-state index is 12.3. The number of amides is 1. The second-order valence-electron chi connectivity index (χ2n) is 7.17. The molecule has 2 atom stereocenters. The third-order valence-corrected chi connectivity index (χ3v) is 6.36. The van der Waals surface area contributed by atoms with Crippen molar-refractivity contribution in [3.63, 3.8) is 0 Å². The summed E-state index contributed by atoms with van der Waals surface area (Å²) < 4.78 is 1.03. The number of benzene rings is 2. The Hall–Kier alpha value is -2.02. The molecule has 3 rings (SSSR count). The first-order valence-electron chi connectivity index (χ1n) is 9.80. The van der Waals surface area contributed by atoms with Crippen LogP contribution >= 0.6 is 27.3 Å². The molecule has 0 saturated heterocycles. The van der Waals surface area contributed by atoms with Gasteiger partial charge in [-0.15, -0.1) is 11.3 Å². The van der Waals surface area contributed by atoms with E-state index in [1.54, 1.807) is 0 Å². The summed E-state index contributed by atoms with van der Waals surface area (Å²) in [6.45, 7) is 6.75. The van der Waals surface area contributed by atoms with Gasteiger partial charge in [0, 0.05) is 21.5 Å². The molecule has 0 bridgehead atoms. The highest BCUT2D eigenvalue weighted by Crippen LogP contribution is 2.26. The lowest BCUT2D eigenvalue weighted by atomic mass is 9.96. The third kappa shape index (κ3) is 5.98. The summed E-state index contributed by atoms with van der Waals surface area (Å²) in [7, 11) is 0. The minimum Gasteiger partial charge on any atom is -0.302 e. The van der Waals surface area contributed by atoms with Crippen molar-refractivity contribution in [2.24, 2.45) is 0 Å². The molecule has 0 aliphatic carbocycles. The lowest BCUT2D eigenvalue weighted by Crippen LogP contribution is -2.30. The number of rotatable bonds is 8. The van der Waals surface area contributed by atoms with E-state index in [-0.39, 0.29) is 18.5 Å². The van der Waals surface area contributed by atoms with Gasteiger partial charge < -0.3 is 10.6 Å². The van der Waals surface area contributed by atoms with Gasteiger partial charge in [0.15, 0.2) is 5.13 Å². The predicted molar refractivity (Wildman–Crippen MR) is 125 cm³/mol. The number of carbonyl (C=O) groups is 1. The summed E-state index contributed by atoms with van der Waals surface area (Å²) in [5.74, 6) is 0.475. The van der Waals surface area contributed by atoms with Crippen molar-refractivity contribution >= 4 is 38.3 Å². The standard InChI is InChI=1S/C23H26BrN3OS/c1-4-15(2)17-5-7-18(8-6-17)16(3)25-13-22(28)27-23-26-21(14-29-23)19-9-11-20(24)12-10-19/h5-12,14-16,25H,4,13H2,1-3H3,(H,26,27,28)/t15-,16+/m0/s1. The van der Waals surface area contributed by atoms with Crippen LogP contribution in [0.4, 0.5) is 5.13 Å². The Kier molecular flexibility index (Phi) is 7.58. The van der Waals surface area contributed by atoms with E-state index < -0.39 is 0 Å². The third-order valence-electron chi connectivity index (χ3n) is 5.08. The van der Waals surface area contributed by atoms with Gasteiger partial charge in [0.05, 0.1) is 12.2 Å². The van der Waals surface area contributed by atoms with Crippen molar-refractivity contribution in [3.8, 4) is 11.3 Å². The minimum atomic E-state index is -0.0928. The zero-order valence-electron chi connectivity index (χ0n) is 16.9. The summed E-state index contributed by atoms with van der Waals surface area (Å²) in [6.07, 6.45) is 1.13. The zero-order chi connectivity index (χ0) is 20.8. The predicted octanol–water partition coefficient (Wildman–Crippen LogP) is 6.38. The molecule has 3 aromatic rings. The fraction of sp³-hybridized carbons (Fsp3) is 0.304. The van der Waals surface area contributed by atoms with Gasteiger partial charge in [-0.1, -0.05) is 66.2 Å². The number of hydrogen-bond acceptors (Lipinski definition) is 4. The molecule has 4 nitrogen and oxygen atoms in total. The Morgan fingerprint density at radius 2 is 1.72 bits per heavy atom. The van der Waals surface area contributed by atoms with E-state index in [2.05, 4.69) is 76.6 Å². The van der Waals surface area contributed by atoms with Crippen LogP contribution in [0.5, 0.6) is 0 Å². The Morgan fingerprint density at radius 1 is 1.07 bits per heavy atom. The lowest BCUT2D eigenvalue weighted by Gasteiger charge is -2.15. The highest BCUT2D eigenvalue weighted by Gasteiger charge is 2.11.